The smallest absolute Gasteiger partial charge is 0.404 e. The number of hydrogen-bond donors (Lipinski definition) is 1. The molecule has 1 aromatic rings. The van der Waals surface area contributed by atoms with E-state index in [1.807, 2.05) is 12.1 Å². The predicted molar refractivity (Wildman–Crippen MR) is 50.4 cm³/mol. The number of hydrogen-bond acceptors (Lipinski definition) is 2. The maximum absolute atomic E-state index is 10.2. The van der Waals surface area contributed by atoms with Crippen LogP contribution in [-0.4, -0.2) is 12.7 Å². The summed E-state index contributed by atoms with van der Waals surface area (Å²) in [4.78, 5) is 10.2. The van der Waals surface area contributed by atoms with Crippen LogP contribution in [0.5, 0.6) is 0 Å². The predicted octanol–water partition coefficient (Wildman–Crippen LogP) is 1.99. The number of carbonyl (C=O) groups is 1. The number of halogens is 1. The van der Waals surface area contributed by atoms with Gasteiger partial charge in [0, 0.05) is 11.4 Å². The van der Waals surface area contributed by atoms with Crippen molar-refractivity contribution in [1.29, 1.82) is 0 Å². The highest BCUT2D eigenvalue weighted by Crippen LogP contribution is 2.10. The van der Waals surface area contributed by atoms with Gasteiger partial charge >= 0.3 is 6.09 Å². The number of amides is 1. The van der Waals surface area contributed by atoms with Crippen LogP contribution in [0.3, 0.4) is 0 Å². The first kappa shape index (κ1) is 9.86. The van der Waals surface area contributed by atoms with E-state index in [0.29, 0.717) is 5.02 Å². The standard InChI is InChI=1S/C9H9ClNO2/c10-8-3-1-7(2-4-8)5-6-13-9(11)12/h1-5H,6H2,(H2,11,12). The van der Waals surface area contributed by atoms with Crippen molar-refractivity contribution in [3.63, 3.8) is 0 Å². The molecule has 0 heterocycles. The molecule has 4 heteroatoms. The topological polar surface area (TPSA) is 52.3 Å². The molecule has 0 spiro atoms. The second-order valence-electron chi connectivity index (χ2n) is 2.39. The Bertz CT molecular complexity index is 284. The Balaban J connectivity index is 2.37. The van der Waals surface area contributed by atoms with Gasteiger partial charge < -0.3 is 10.5 Å². The minimum absolute atomic E-state index is 0.178. The summed E-state index contributed by atoms with van der Waals surface area (Å²) in [6.07, 6.45) is 0.964. The zero-order valence-corrected chi connectivity index (χ0v) is 7.62. The van der Waals surface area contributed by atoms with Crippen LogP contribution in [0.2, 0.25) is 5.02 Å². The fourth-order valence-electron chi connectivity index (χ4n) is 0.819. The van der Waals surface area contributed by atoms with Gasteiger partial charge in [0.1, 0.15) is 6.61 Å². The summed E-state index contributed by atoms with van der Waals surface area (Å²) in [5.41, 5.74) is 5.71. The van der Waals surface area contributed by atoms with Gasteiger partial charge in [0.15, 0.2) is 0 Å². The average Bonchev–Trinajstić information content (AvgIpc) is 2.08. The number of primary amides is 1. The molecule has 0 aliphatic carbocycles. The molecule has 0 aliphatic rings. The molecule has 3 nitrogen and oxygen atoms in total. The van der Waals surface area contributed by atoms with Gasteiger partial charge in [-0.3, -0.25) is 0 Å². The molecule has 1 rings (SSSR count). The second-order valence-corrected chi connectivity index (χ2v) is 2.82. The van der Waals surface area contributed by atoms with E-state index < -0.39 is 6.09 Å². The Labute approximate surface area is 81.4 Å². The lowest BCUT2D eigenvalue weighted by Crippen LogP contribution is -2.13. The summed E-state index contributed by atoms with van der Waals surface area (Å²) in [5, 5.41) is 0.674. The summed E-state index contributed by atoms with van der Waals surface area (Å²) >= 11 is 5.68. The molecule has 0 saturated heterocycles. The molecule has 0 fully saturated rings. The van der Waals surface area contributed by atoms with E-state index in [-0.39, 0.29) is 6.61 Å². The molecule has 69 valence electrons. The Hall–Kier alpha value is -1.22. The molecule has 0 unspecified atom stereocenters. The van der Waals surface area contributed by atoms with Crippen molar-refractivity contribution in [2.24, 2.45) is 5.73 Å². The lowest BCUT2D eigenvalue weighted by atomic mass is 10.2. The van der Waals surface area contributed by atoms with Gasteiger partial charge in [-0.15, -0.1) is 0 Å². The molecule has 1 radical (unpaired) electrons. The van der Waals surface area contributed by atoms with Crippen molar-refractivity contribution in [2.45, 2.75) is 0 Å². The maximum Gasteiger partial charge on any atom is 0.404 e. The fraction of sp³-hybridized carbons (Fsp3) is 0.111. The van der Waals surface area contributed by atoms with Crippen LogP contribution < -0.4 is 5.73 Å². The van der Waals surface area contributed by atoms with Crippen LogP contribution in [0.4, 0.5) is 4.79 Å². The first-order valence-corrected chi connectivity index (χ1v) is 4.07. The van der Waals surface area contributed by atoms with Crippen LogP contribution in [0.1, 0.15) is 5.56 Å². The largest absolute Gasteiger partial charge is 0.449 e. The van der Waals surface area contributed by atoms with Gasteiger partial charge in [0.05, 0.1) is 0 Å². The Morgan fingerprint density at radius 3 is 2.62 bits per heavy atom. The van der Waals surface area contributed by atoms with E-state index in [0.717, 1.165) is 5.56 Å². The van der Waals surface area contributed by atoms with Crippen molar-refractivity contribution in [3.05, 3.63) is 41.3 Å². The highest BCUT2D eigenvalue weighted by Gasteiger charge is 1.96. The van der Waals surface area contributed by atoms with Crippen LogP contribution in [0, 0.1) is 6.42 Å². The normalized spacial score (nSPS) is 9.62. The van der Waals surface area contributed by atoms with E-state index in [1.165, 1.54) is 0 Å². The molecule has 2 N–H and O–H groups in total. The first-order valence-electron chi connectivity index (χ1n) is 3.69. The molecule has 0 aromatic heterocycles. The summed E-state index contributed by atoms with van der Waals surface area (Å²) in [5.74, 6) is 0. The fourth-order valence-corrected chi connectivity index (χ4v) is 0.945. The summed E-state index contributed by atoms with van der Waals surface area (Å²) in [6, 6.07) is 7.18. The van der Waals surface area contributed by atoms with E-state index >= 15 is 0 Å². The molecular formula is C9H9ClNO2. The van der Waals surface area contributed by atoms with Gasteiger partial charge in [-0.05, 0) is 17.7 Å². The number of benzene rings is 1. The van der Waals surface area contributed by atoms with Gasteiger partial charge in [0.25, 0.3) is 0 Å². The van der Waals surface area contributed by atoms with Crippen LogP contribution in [0.25, 0.3) is 0 Å². The third kappa shape index (κ3) is 3.80. The van der Waals surface area contributed by atoms with Crippen LogP contribution >= 0.6 is 11.6 Å². The summed E-state index contributed by atoms with van der Waals surface area (Å²) in [7, 11) is 0. The Kier molecular flexibility index (Phi) is 3.58. The zero-order valence-electron chi connectivity index (χ0n) is 6.87. The molecule has 0 saturated carbocycles. The average molecular weight is 199 g/mol. The van der Waals surface area contributed by atoms with E-state index in [4.69, 9.17) is 17.3 Å². The van der Waals surface area contributed by atoms with E-state index in [2.05, 4.69) is 4.74 Å². The van der Waals surface area contributed by atoms with Gasteiger partial charge in [-0.1, -0.05) is 23.7 Å². The first-order chi connectivity index (χ1) is 6.18. The molecule has 1 aromatic carbocycles. The molecule has 1 amide bonds. The third-order valence-corrected chi connectivity index (χ3v) is 1.67. The van der Waals surface area contributed by atoms with Crippen molar-refractivity contribution in [3.8, 4) is 0 Å². The molecule has 0 atom stereocenters. The minimum Gasteiger partial charge on any atom is -0.449 e. The van der Waals surface area contributed by atoms with Crippen molar-refractivity contribution in [2.75, 3.05) is 6.61 Å². The molecule has 0 bridgehead atoms. The SMILES string of the molecule is NC(=O)OC[CH]c1ccc(Cl)cc1. The second kappa shape index (κ2) is 4.72. The number of rotatable bonds is 3. The zero-order chi connectivity index (χ0) is 9.68. The lowest BCUT2D eigenvalue weighted by Gasteiger charge is -2.00. The number of carbonyl (C=O) groups excluding carboxylic acids is 1. The van der Waals surface area contributed by atoms with Crippen molar-refractivity contribution >= 4 is 17.7 Å². The molecule has 13 heavy (non-hydrogen) atoms. The Morgan fingerprint density at radius 1 is 1.46 bits per heavy atom. The van der Waals surface area contributed by atoms with Crippen molar-refractivity contribution < 1.29 is 9.53 Å². The Morgan fingerprint density at radius 2 is 2.08 bits per heavy atom. The highest BCUT2D eigenvalue weighted by atomic mass is 35.5. The highest BCUT2D eigenvalue weighted by molar-refractivity contribution is 6.30. The van der Waals surface area contributed by atoms with Gasteiger partial charge in [-0.25, -0.2) is 4.79 Å². The van der Waals surface area contributed by atoms with Gasteiger partial charge in [0.2, 0.25) is 0 Å². The third-order valence-electron chi connectivity index (χ3n) is 1.41. The quantitative estimate of drug-likeness (QED) is 0.808. The molecular weight excluding hydrogens is 190 g/mol. The lowest BCUT2D eigenvalue weighted by molar-refractivity contribution is 0.166. The van der Waals surface area contributed by atoms with E-state index in [1.54, 1.807) is 18.6 Å². The van der Waals surface area contributed by atoms with E-state index in [9.17, 15) is 4.79 Å². The number of ether oxygens (including phenoxy) is 1. The summed E-state index contributed by atoms with van der Waals surface area (Å²) < 4.78 is 4.53. The van der Waals surface area contributed by atoms with Crippen molar-refractivity contribution in [1.82, 2.24) is 0 Å². The van der Waals surface area contributed by atoms with Crippen LogP contribution in [-0.2, 0) is 4.74 Å². The van der Waals surface area contributed by atoms with Gasteiger partial charge in [-0.2, -0.15) is 0 Å². The number of nitrogens with two attached hydrogens (primary N) is 1. The monoisotopic (exact) mass is 198 g/mol. The summed E-state index contributed by atoms with van der Waals surface area (Å²) in [6.45, 7) is 0.178. The maximum atomic E-state index is 10.2. The minimum atomic E-state index is -0.773. The molecule has 0 aliphatic heterocycles. The van der Waals surface area contributed by atoms with Crippen LogP contribution in [0.15, 0.2) is 24.3 Å².